The first-order chi connectivity index (χ1) is 26.1. The van der Waals surface area contributed by atoms with Crippen LogP contribution >= 0.6 is 11.6 Å². The zero-order valence-electron chi connectivity index (χ0n) is 31.3. The number of carbonyl (C=O) groups is 1. The highest BCUT2D eigenvalue weighted by molar-refractivity contribution is 6.32. The maximum Gasteiger partial charge on any atom is 0.320 e. The van der Waals surface area contributed by atoms with Gasteiger partial charge in [-0.25, -0.2) is 0 Å². The SMILES string of the molecule is Cc1ccc(OCCCN2CC[C@@H](O)C2)c(C)c1-c1cccc(COc2cc(OCc3cncc(C#N)c3)c(CN3CCCC[C@H]3C(=O)O)cc2Cl)c1C. The minimum Gasteiger partial charge on any atom is -0.493 e. The molecule has 0 bridgehead atoms. The summed E-state index contributed by atoms with van der Waals surface area (Å²) in [6, 6.07) is 17.2. The lowest BCUT2D eigenvalue weighted by Crippen LogP contribution is -2.44. The van der Waals surface area contributed by atoms with Crippen molar-refractivity contribution in [1.29, 1.82) is 5.26 Å². The molecule has 4 aromatic rings. The summed E-state index contributed by atoms with van der Waals surface area (Å²) in [5, 5.41) is 29.5. The fourth-order valence-electron chi connectivity index (χ4n) is 7.56. The normalized spacial score (nSPS) is 17.6. The van der Waals surface area contributed by atoms with E-state index in [1.165, 1.54) is 6.20 Å². The minimum absolute atomic E-state index is 0.157. The van der Waals surface area contributed by atoms with E-state index in [0.717, 1.165) is 95.6 Å². The molecule has 10 nitrogen and oxygen atoms in total. The van der Waals surface area contributed by atoms with Gasteiger partial charge < -0.3 is 29.3 Å². The van der Waals surface area contributed by atoms with Crippen LogP contribution in [0.2, 0.25) is 5.02 Å². The Bertz CT molecular complexity index is 2000. The quantitative estimate of drug-likeness (QED) is 0.117. The number of pyridine rings is 1. The molecule has 0 amide bonds. The fraction of sp³-hybridized carbons (Fsp3) is 0.419. The molecular weight excluding hydrogens is 704 g/mol. The summed E-state index contributed by atoms with van der Waals surface area (Å²) >= 11 is 6.87. The van der Waals surface area contributed by atoms with Crippen molar-refractivity contribution in [2.45, 2.75) is 84.8 Å². The molecule has 2 saturated heterocycles. The largest absolute Gasteiger partial charge is 0.493 e. The van der Waals surface area contributed by atoms with E-state index in [2.05, 4.69) is 54.9 Å². The predicted octanol–water partition coefficient (Wildman–Crippen LogP) is 7.63. The van der Waals surface area contributed by atoms with Crippen molar-refractivity contribution in [1.82, 2.24) is 14.8 Å². The number of benzene rings is 3. The average molecular weight is 753 g/mol. The Labute approximate surface area is 322 Å². The van der Waals surface area contributed by atoms with Gasteiger partial charge >= 0.3 is 5.97 Å². The van der Waals surface area contributed by atoms with Crippen LogP contribution in [0.1, 0.15) is 71.0 Å². The number of hydrogen-bond acceptors (Lipinski definition) is 9. The first kappa shape index (κ1) is 39.0. The zero-order valence-corrected chi connectivity index (χ0v) is 32.1. The van der Waals surface area contributed by atoms with E-state index in [0.29, 0.717) is 48.2 Å². The Morgan fingerprint density at radius 2 is 1.78 bits per heavy atom. The lowest BCUT2D eigenvalue weighted by atomic mass is 9.90. The summed E-state index contributed by atoms with van der Waals surface area (Å²) in [5.74, 6) is 1.01. The number of rotatable bonds is 15. The minimum atomic E-state index is -0.833. The number of hydrogen-bond donors (Lipinski definition) is 2. The second-order valence-electron chi connectivity index (χ2n) is 14.4. The van der Waals surface area contributed by atoms with Gasteiger partial charge in [0.15, 0.2) is 0 Å². The molecule has 1 aromatic heterocycles. The van der Waals surface area contributed by atoms with E-state index in [-0.39, 0.29) is 19.3 Å². The van der Waals surface area contributed by atoms with Crippen LogP contribution in [0.3, 0.4) is 0 Å². The molecule has 2 atom stereocenters. The van der Waals surface area contributed by atoms with Crippen LogP contribution in [-0.2, 0) is 24.6 Å². The van der Waals surface area contributed by atoms with Crippen molar-refractivity contribution >= 4 is 17.6 Å². The molecule has 11 heteroatoms. The highest BCUT2D eigenvalue weighted by atomic mass is 35.5. The van der Waals surface area contributed by atoms with Crippen LogP contribution < -0.4 is 14.2 Å². The number of aliphatic carboxylic acids is 1. The van der Waals surface area contributed by atoms with Crippen molar-refractivity contribution in [3.63, 3.8) is 0 Å². The summed E-state index contributed by atoms with van der Waals surface area (Å²) in [4.78, 5) is 20.5. The van der Waals surface area contributed by atoms with Crippen LogP contribution in [0.4, 0.5) is 0 Å². The molecule has 0 radical (unpaired) electrons. The summed E-state index contributed by atoms with van der Waals surface area (Å²) in [5.41, 5.74) is 8.50. The monoisotopic (exact) mass is 752 g/mol. The molecule has 0 unspecified atom stereocenters. The number of aryl methyl sites for hydroxylation is 1. The van der Waals surface area contributed by atoms with Crippen molar-refractivity contribution in [3.05, 3.63) is 105 Å². The van der Waals surface area contributed by atoms with Gasteiger partial charge in [-0.3, -0.25) is 14.7 Å². The first-order valence-electron chi connectivity index (χ1n) is 18.7. The highest BCUT2D eigenvalue weighted by Gasteiger charge is 2.29. The molecule has 0 spiro atoms. The number of halogens is 1. The smallest absolute Gasteiger partial charge is 0.320 e. The van der Waals surface area contributed by atoms with E-state index in [4.69, 9.17) is 25.8 Å². The number of piperidine rings is 1. The van der Waals surface area contributed by atoms with E-state index in [1.54, 1.807) is 24.4 Å². The third kappa shape index (κ3) is 9.52. The van der Waals surface area contributed by atoms with Crippen LogP contribution in [0, 0.1) is 32.1 Å². The van der Waals surface area contributed by atoms with Crippen molar-refractivity contribution in [2.24, 2.45) is 0 Å². The highest BCUT2D eigenvalue weighted by Crippen LogP contribution is 2.38. The van der Waals surface area contributed by atoms with Crippen LogP contribution in [0.5, 0.6) is 17.2 Å². The number of nitrogens with zero attached hydrogens (tertiary/aromatic N) is 4. The number of nitriles is 1. The summed E-state index contributed by atoms with van der Waals surface area (Å²) < 4.78 is 19.0. The number of carboxylic acids is 1. The Morgan fingerprint density at radius 1 is 0.944 bits per heavy atom. The Balaban J connectivity index is 1.20. The maximum atomic E-state index is 12.1. The van der Waals surface area contributed by atoms with E-state index in [9.17, 15) is 20.3 Å². The molecule has 3 heterocycles. The maximum absolute atomic E-state index is 12.1. The van der Waals surface area contributed by atoms with E-state index < -0.39 is 12.0 Å². The molecule has 284 valence electrons. The number of β-amino-alcohol motifs (C(OH)–C–C–N with tert-alkyl or cyclic N) is 1. The van der Waals surface area contributed by atoms with Gasteiger partial charge in [0.05, 0.1) is 23.3 Å². The van der Waals surface area contributed by atoms with E-state index >= 15 is 0 Å². The summed E-state index contributed by atoms with van der Waals surface area (Å²) in [6.45, 7) is 11.0. The number of likely N-dealkylation sites (tertiary alicyclic amines) is 2. The summed E-state index contributed by atoms with van der Waals surface area (Å²) in [7, 11) is 0. The zero-order chi connectivity index (χ0) is 38.2. The van der Waals surface area contributed by atoms with Crippen LogP contribution in [-0.4, -0.2) is 75.9 Å². The van der Waals surface area contributed by atoms with Crippen LogP contribution in [0.15, 0.2) is 60.9 Å². The molecule has 2 fully saturated rings. The Hall–Kier alpha value is -4.66. The topological polar surface area (TPSA) is 128 Å². The molecule has 3 aromatic carbocycles. The van der Waals surface area contributed by atoms with Gasteiger partial charge in [-0.15, -0.1) is 0 Å². The molecule has 2 aliphatic rings. The van der Waals surface area contributed by atoms with Gasteiger partial charge in [0.2, 0.25) is 0 Å². The van der Waals surface area contributed by atoms with Crippen molar-refractivity contribution in [3.8, 4) is 34.4 Å². The number of ether oxygens (including phenoxy) is 3. The molecule has 2 aliphatic heterocycles. The summed E-state index contributed by atoms with van der Waals surface area (Å²) in [6.07, 6.45) is 7.06. The Morgan fingerprint density at radius 3 is 2.56 bits per heavy atom. The van der Waals surface area contributed by atoms with Crippen molar-refractivity contribution in [2.75, 3.05) is 32.8 Å². The Kier molecular flexibility index (Phi) is 13.1. The van der Waals surface area contributed by atoms with Crippen LogP contribution in [0.25, 0.3) is 11.1 Å². The average Bonchev–Trinajstić information content (AvgIpc) is 3.59. The standard InChI is InChI=1S/C43H49ClN4O6/c1-28-11-12-39(52-17-7-14-47-16-13-35(49)25-47)30(3)42(28)36-9-6-8-33(29(36)2)27-54-41-20-40(53-26-32-18-31(21-45)22-46-23-32)34(19-37(41)44)24-48-15-5-4-10-38(48)43(50)51/h6,8-9,11-12,18-20,22-23,35,38,49H,4-5,7,10,13-17,24-27H2,1-3H3,(H,50,51)/t35-,38+/m1/s1. The fourth-order valence-corrected chi connectivity index (χ4v) is 7.80. The van der Waals surface area contributed by atoms with Gasteiger partial charge in [0, 0.05) is 55.8 Å². The first-order valence-corrected chi connectivity index (χ1v) is 19.1. The van der Waals surface area contributed by atoms with Gasteiger partial charge in [-0.1, -0.05) is 42.3 Å². The van der Waals surface area contributed by atoms with Gasteiger partial charge in [0.25, 0.3) is 0 Å². The van der Waals surface area contributed by atoms with Crippen molar-refractivity contribution < 1.29 is 29.2 Å². The number of carboxylic acid groups (broad SMARTS) is 1. The number of aliphatic hydroxyl groups excluding tert-OH is 1. The molecule has 0 aliphatic carbocycles. The van der Waals surface area contributed by atoms with Gasteiger partial charge in [-0.2, -0.15) is 5.26 Å². The number of aromatic nitrogens is 1. The molecule has 2 N–H and O–H groups in total. The molecule has 0 saturated carbocycles. The second-order valence-corrected chi connectivity index (χ2v) is 14.8. The number of aliphatic hydroxyl groups is 1. The molecular formula is C43H49ClN4O6. The third-order valence-electron chi connectivity index (χ3n) is 10.6. The second kappa shape index (κ2) is 18.1. The van der Waals surface area contributed by atoms with E-state index in [1.807, 2.05) is 17.0 Å². The van der Waals surface area contributed by atoms with Gasteiger partial charge in [-0.05, 0) is 105 Å². The third-order valence-corrected chi connectivity index (χ3v) is 10.8. The lowest BCUT2D eigenvalue weighted by molar-refractivity contribution is -0.144. The lowest BCUT2D eigenvalue weighted by Gasteiger charge is -2.33. The molecule has 54 heavy (non-hydrogen) atoms. The van der Waals surface area contributed by atoms with Gasteiger partial charge in [0.1, 0.15) is 42.6 Å². The predicted molar refractivity (Wildman–Crippen MR) is 208 cm³/mol. The molecule has 6 rings (SSSR count).